The standard InChI is InChI=1S/C12H16BrClN4/c1-8(17(2)3)7-18-11(5-14)16-10-4-9(13)6-15-12(10)18/h4,6,8H,5,7H2,1-3H3. The molecule has 0 aromatic carbocycles. The van der Waals surface area contributed by atoms with Gasteiger partial charge in [0.25, 0.3) is 0 Å². The number of likely N-dealkylation sites (N-methyl/N-ethyl adjacent to an activating group) is 1. The second-order valence-electron chi connectivity index (χ2n) is 4.58. The van der Waals surface area contributed by atoms with Gasteiger partial charge in [0.05, 0.1) is 5.88 Å². The summed E-state index contributed by atoms with van der Waals surface area (Å²) in [6.45, 7) is 3.00. The van der Waals surface area contributed by atoms with Gasteiger partial charge in [-0.3, -0.25) is 0 Å². The van der Waals surface area contributed by atoms with Crippen LogP contribution in [0.2, 0.25) is 0 Å². The van der Waals surface area contributed by atoms with Crippen molar-refractivity contribution in [2.75, 3.05) is 14.1 Å². The molecular weight excluding hydrogens is 316 g/mol. The highest BCUT2D eigenvalue weighted by Gasteiger charge is 2.14. The first kappa shape index (κ1) is 13.8. The SMILES string of the molecule is CC(Cn1c(CCl)nc2cc(Br)cnc21)N(C)C. The third kappa shape index (κ3) is 2.68. The molecule has 4 nitrogen and oxygen atoms in total. The molecule has 0 aliphatic rings. The summed E-state index contributed by atoms with van der Waals surface area (Å²) in [5, 5.41) is 0. The summed E-state index contributed by atoms with van der Waals surface area (Å²) in [6.07, 6.45) is 1.79. The summed E-state index contributed by atoms with van der Waals surface area (Å²) in [7, 11) is 4.13. The summed E-state index contributed by atoms with van der Waals surface area (Å²) in [4.78, 5) is 11.1. The van der Waals surface area contributed by atoms with E-state index in [0.717, 1.165) is 28.0 Å². The van der Waals surface area contributed by atoms with E-state index in [1.807, 2.05) is 6.07 Å². The van der Waals surface area contributed by atoms with Crippen LogP contribution in [0.25, 0.3) is 11.2 Å². The van der Waals surface area contributed by atoms with Crippen LogP contribution < -0.4 is 0 Å². The van der Waals surface area contributed by atoms with Gasteiger partial charge in [0, 0.05) is 23.3 Å². The second kappa shape index (κ2) is 5.55. The van der Waals surface area contributed by atoms with Crippen LogP contribution in [0, 0.1) is 0 Å². The van der Waals surface area contributed by atoms with Gasteiger partial charge in [0.2, 0.25) is 0 Å². The van der Waals surface area contributed by atoms with Crippen LogP contribution in [0.4, 0.5) is 0 Å². The lowest BCUT2D eigenvalue weighted by molar-refractivity contribution is 0.284. The van der Waals surface area contributed by atoms with Gasteiger partial charge in [-0.15, -0.1) is 11.6 Å². The Morgan fingerprint density at radius 3 is 2.83 bits per heavy atom. The Kier molecular flexibility index (Phi) is 4.25. The predicted molar refractivity (Wildman–Crippen MR) is 77.9 cm³/mol. The van der Waals surface area contributed by atoms with Crippen molar-refractivity contribution in [2.45, 2.75) is 25.4 Å². The topological polar surface area (TPSA) is 34.0 Å². The van der Waals surface area contributed by atoms with E-state index < -0.39 is 0 Å². The lowest BCUT2D eigenvalue weighted by Gasteiger charge is -2.21. The minimum absolute atomic E-state index is 0.397. The van der Waals surface area contributed by atoms with Crippen LogP contribution in [0.1, 0.15) is 12.7 Å². The molecule has 0 amide bonds. The molecule has 0 N–H and O–H groups in total. The summed E-state index contributed by atoms with van der Waals surface area (Å²) < 4.78 is 3.03. The molecule has 98 valence electrons. The van der Waals surface area contributed by atoms with Gasteiger partial charge in [-0.25, -0.2) is 9.97 Å². The lowest BCUT2D eigenvalue weighted by atomic mass is 10.3. The molecule has 2 aromatic heterocycles. The monoisotopic (exact) mass is 330 g/mol. The normalized spacial score (nSPS) is 13.4. The molecular formula is C12H16BrClN4. The van der Waals surface area contributed by atoms with E-state index in [1.54, 1.807) is 6.20 Å². The maximum absolute atomic E-state index is 5.97. The molecule has 0 saturated carbocycles. The summed E-state index contributed by atoms with van der Waals surface area (Å²) in [5.74, 6) is 1.26. The predicted octanol–water partition coefficient (Wildman–Crippen LogP) is 2.88. The molecule has 0 spiro atoms. The van der Waals surface area contributed by atoms with Gasteiger partial charge in [-0.05, 0) is 43.0 Å². The summed E-state index contributed by atoms with van der Waals surface area (Å²) in [6, 6.07) is 2.37. The van der Waals surface area contributed by atoms with Crippen molar-refractivity contribution >= 4 is 38.7 Å². The fourth-order valence-electron chi connectivity index (χ4n) is 1.75. The van der Waals surface area contributed by atoms with Crippen molar-refractivity contribution in [3.63, 3.8) is 0 Å². The number of rotatable bonds is 4. The van der Waals surface area contributed by atoms with Gasteiger partial charge in [-0.1, -0.05) is 0 Å². The number of fused-ring (bicyclic) bond motifs is 1. The maximum Gasteiger partial charge on any atom is 0.160 e. The number of hydrogen-bond acceptors (Lipinski definition) is 3. The Balaban J connectivity index is 2.47. The first-order valence-corrected chi connectivity index (χ1v) is 7.08. The average Bonchev–Trinajstić information content (AvgIpc) is 2.66. The van der Waals surface area contributed by atoms with Crippen LogP contribution in [-0.4, -0.2) is 39.6 Å². The van der Waals surface area contributed by atoms with Gasteiger partial charge in [0.1, 0.15) is 11.3 Å². The Labute approximate surface area is 120 Å². The van der Waals surface area contributed by atoms with E-state index in [0.29, 0.717) is 11.9 Å². The minimum atomic E-state index is 0.397. The third-order valence-corrected chi connectivity index (χ3v) is 3.75. The maximum atomic E-state index is 5.97. The zero-order valence-corrected chi connectivity index (χ0v) is 13.0. The Morgan fingerprint density at radius 1 is 1.50 bits per heavy atom. The van der Waals surface area contributed by atoms with Gasteiger partial charge >= 0.3 is 0 Å². The molecule has 0 aliphatic carbocycles. The van der Waals surface area contributed by atoms with E-state index in [-0.39, 0.29) is 0 Å². The van der Waals surface area contributed by atoms with Crippen LogP contribution in [0.3, 0.4) is 0 Å². The number of pyridine rings is 1. The van der Waals surface area contributed by atoms with Crippen molar-refractivity contribution in [1.29, 1.82) is 0 Å². The number of aromatic nitrogens is 3. The molecule has 0 saturated heterocycles. The smallest absolute Gasteiger partial charge is 0.160 e. The highest BCUT2D eigenvalue weighted by atomic mass is 79.9. The Hall–Kier alpha value is -0.650. The van der Waals surface area contributed by atoms with Gasteiger partial charge < -0.3 is 9.47 Å². The fraction of sp³-hybridized carbons (Fsp3) is 0.500. The van der Waals surface area contributed by atoms with Crippen LogP contribution in [0.5, 0.6) is 0 Å². The summed E-state index contributed by atoms with van der Waals surface area (Å²) >= 11 is 9.38. The Bertz CT molecular complexity index is 552. The highest BCUT2D eigenvalue weighted by molar-refractivity contribution is 9.10. The molecule has 0 bridgehead atoms. The van der Waals surface area contributed by atoms with Crippen LogP contribution in [-0.2, 0) is 12.4 Å². The largest absolute Gasteiger partial charge is 0.310 e. The van der Waals surface area contributed by atoms with Crippen LogP contribution in [0.15, 0.2) is 16.7 Å². The molecule has 6 heteroatoms. The van der Waals surface area contributed by atoms with Crippen molar-refractivity contribution in [1.82, 2.24) is 19.4 Å². The number of nitrogens with zero attached hydrogens (tertiary/aromatic N) is 4. The van der Waals surface area contributed by atoms with Crippen molar-refractivity contribution < 1.29 is 0 Å². The summed E-state index contributed by atoms with van der Waals surface area (Å²) in [5.41, 5.74) is 1.77. The third-order valence-electron chi connectivity index (χ3n) is 3.08. The number of alkyl halides is 1. The number of imidazole rings is 1. The molecule has 2 aromatic rings. The van der Waals surface area contributed by atoms with E-state index in [4.69, 9.17) is 11.6 Å². The zero-order valence-electron chi connectivity index (χ0n) is 10.7. The van der Waals surface area contributed by atoms with Crippen molar-refractivity contribution in [2.24, 2.45) is 0 Å². The van der Waals surface area contributed by atoms with Crippen molar-refractivity contribution in [3.05, 3.63) is 22.6 Å². The first-order valence-electron chi connectivity index (χ1n) is 5.76. The number of halogens is 2. The van der Waals surface area contributed by atoms with Crippen molar-refractivity contribution in [3.8, 4) is 0 Å². The Morgan fingerprint density at radius 2 is 2.22 bits per heavy atom. The van der Waals surface area contributed by atoms with Crippen LogP contribution >= 0.6 is 27.5 Å². The first-order chi connectivity index (χ1) is 8.52. The van der Waals surface area contributed by atoms with Gasteiger partial charge in [-0.2, -0.15) is 0 Å². The lowest BCUT2D eigenvalue weighted by Crippen LogP contribution is -2.29. The second-order valence-corrected chi connectivity index (χ2v) is 5.76. The molecule has 2 heterocycles. The van der Waals surface area contributed by atoms with E-state index >= 15 is 0 Å². The molecule has 1 unspecified atom stereocenters. The minimum Gasteiger partial charge on any atom is -0.310 e. The average molecular weight is 332 g/mol. The molecule has 18 heavy (non-hydrogen) atoms. The van der Waals surface area contributed by atoms with Gasteiger partial charge in [0.15, 0.2) is 5.65 Å². The molecule has 0 fully saturated rings. The molecule has 0 radical (unpaired) electrons. The fourth-order valence-corrected chi connectivity index (χ4v) is 2.28. The molecule has 0 aliphatic heterocycles. The van der Waals surface area contributed by atoms with E-state index in [9.17, 15) is 0 Å². The quantitative estimate of drug-likeness (QED) is 0.808. The molecule has 1 atom stereocenters. The number of hydrogen-bond donors (Lipinski definition) is 0. The zero-order chi connectivity index (χ0) is 13.3. The molecule has 2 rings (SSSR count). The van der Waals surface area contributed by atoms with E-state index in [2.05, 4.69) is 56.4 Å². The highest BCUT2D eigenvalue weighted by Crippen LogP contribution is 2.20. The van der Waals surface area contributed by atoms with E-state index in [1.165, 1.54) is 0 Å².